The SMILES string of the molecule is Cc1csc(N(C(=O)CCCSc2nc3ccccc3s2)c2ccccc2)n1. The van der Waals surface area contributed by atoms with Gasteiger partial charge in [-0.2, -0.15) is 0 Å². The first-order valence-electron chi connectivity index (χ1n) is 8.99. The minimum atomic E-state index is 0.0745. The summed E-state index contributed by atoms with van der Waals surface area (Å²) in [5.41, 5.74) is 2.83. The lowest BCUT2D eigenvalue weighted by molar-refractivity contribution is -0.117. The number of aryl methyl sites for hydroxylation is 1. The van der Waals surface area contributed by atoms with Crippen LogP contribution < -0.4 is 4.90 Å². The number of benzene rings is 2. The fourth-order valence-electron chi connectivity index (χ4n) is 2.79. The fraction of sp³-hybridized carbons (Fsp3) is 0.190. The first kappa shape index (κ1) is 19.1. The van der Waals surface area contributed by atoms with E-state index in [0.717, 1.165) is 38.5 Å². The topological polar surface area (TPSA) is 46.1 Å². The van der Waals surface area contributed by atoms with Gasteiger partial charge in [-0.1, -0.05) is 42.1 Å². The third-order valence-corrected chi connectivity index (χ3v) is 7.31. The summed E-state index contributed by atoms with van der Waals surface area (Å²) in [6, 6.07) is 17.9. The lowest BCUT2D eigenvalue weighted by Crippen LogP contribution is -2.25. The largest absolute Gasteiger partial charge is 0.274 e. The van der Waals surface area contributed by atoms with Crippen molar-refractivity contribution in [1.29, 1.82) is 0 Å². The van der Waals surface area contributed by atoms with Gasteiger partial charge < -0.3 is 0 Å². The molecule has 0 fully saturated rings. The molecule has 0 spiro atoms. The van der Waals surface area contributed by atoms with E-state index in [0.29, 0.717) is 6.42 Å². The van der Waals surface area contributed by atoms with Crippen molar-refractivity contribution in [1.82, 2.24) is 9.97 Å². The summed E-state index contributed by atoms with van der Waals surface area (Å²) in [7, 11) is 0. The molecule has 0 radical (unpaired) electrons. The molecule has 2 aromatic carbocycles. The monoisotopic (exact) mass is 425 g/mol. The number of carbonyl (C=O) groups is 1. The van der Waals surface area contributed by atoms with Crippen LogP contribution in [0.2, 0.25) is 0 Å². The lowest BCUT2D eigenvalue weighted by Gasteiger charge is -2.20. The van der Waals surface area contributed by atoms with Crippen molar-refractivity contribution in [3.63, 3.8) is 0 Å². The fourth-order valence-corrected chi connectivity index (χ4v) is 5.71. The number of amides is 1. The molecule has 0 aliphatic heterocycles. The molecule has 142 valence electrons. The average Bonchev–Trinajstić information content (AvgIpc) is 3.32. The predicted molar refractivity (Wildman–Crippen MR) is 120 cm³/mol. The van der Waals surface area contributed by atoms with Crippen molar-refractivity contribution in [2.24, 2.45) is 0 Å². The molecule has 0 unspecified atom stereocenters. The van der Waals surface area contributed by atoms with Gasteiger partial charge in [0, 0.05) is 17.6 Å². The van der Waals surface area contributed by atoms with Crippen LogP contribution in [0.25, 0.3) is 10.2 Å². The maximum atomic E-state index is 13.0. The minimum absolute atomic E-state index is 0.0745. The van der Waals surface area contributed by atoms with Gasteiger partial charge in [-0.15, -0.1) is 22.7 Å². The number of para-hydroxylation sites is 2. The number of rotatable bonds is 7. The minimum Gasteiger partial charge on any atom is -0.274 e. The molecule has 0 atom stereocenters. The molecule has 7 heteroatoms. The summed E-state index contributed by atoms with van der Waals surface area (Å²) in [6.07, 6.45) is 1.28. The molecule has 4 aromatic rings. The van der Waals surface area contributed by atoms with Crippen LogP contribution in [0.3, 0.4) is 0 Å². The molecule has 4 rings (SSSR count). The molecule has 2 heterocycles. The van der Waals surface area contributed by atoms with E-state index in [1.807, 2.05) is 60.8 Å². The van der Waals surface area contributed by atoms with Crippen LogP contribution in [0, 0.1) is 6.92 Å². The summed E-state index contributed by atoms with van der Waals surface area (Å²) in [5, 5.41) is 2.70. The summed E-state index contributed by atoms with van der Waals surface area (Å²) in [5.74, 6) is 0.941. The Morgan fingerprint density at radius 1 is 1.07 bits per heavy atom. The van der Waals surface area contributed by atoms with Crippen molar-refractivity contribution in [2.75, 3.05) is 10.7 Å². The molecule has 0 saturated heterocycles. The summed E-state index contributed by atoms with van der Waals surface area (Å²) in [6.45, 7) is 1.95. The molecule has 0 aliphatic rings. The second-order valence-corrected chi connectivity index (χ2v) is 9.44. The number of thiazole rings is 2. The Kier molecular flexibility index (Phi) is 6.04. The number of fused-ring (bicyclic) bond motifs is 1. The van der Waals surface area contributed by atoms with Gasteiger partial charge in [-0.05, 0) is 37.6 Å². The molecule has 0 aliphatic carbocycles. The number of nitrogens with zero attached hydrogens (tertiary/aromatic N) is 3. The van der Waals surface area contributed by atoms with E-state index in [4.69, 9.17) is 0 Å². The molecule has 28 heavy (non-hydrogen) atoms. The van der Waals surface area contributed by atoms with E-state index in [9.17, 15) is 4.79 Å². The number of hydrogen-bond acceptors (Lipinski definition) is 6. The van der Waals surface area contributed by atoms with E-state index in [1.54, 1.807) is 28.0 Å². The zero-order chi connectivity index (χ0) is 19.3. The van der Waals surface area contributed by atoms with Gasteiger partial charge in [0.15, 0.2) is 9.47 Å². The highest BCUT2D eigenvalue weighted by molar-refractivity contribution is 8.01. The number of aromatic nitrogens is 2. The molecule has 0 N–H and O–H groups in total. The summed E-state index contributed by atoms with van der Waals surface area (Å²) in [4.78, 5) is 23.9. The van der Waals surface area contributed by atoms with Crippen LogP contribution >= 0.6 is 34.4 Å². The van der Waals surface area contributed by atoms with Gasteiger partial charge in [0.25, 0.3) is 0 Å². The molecule has 1 amide bonds. The van der Waals surface area contributed by atoms with Crippen LogP contribution in [0.15, 0.2) is 64.3 Å². The van der Waals surface area contributed by atoms with Gasteiger partial charge in [0.05, 0.1) is 21.6 Å². The Morgan fingerprint density at radius 3 is 2.61 bits per heavy atom. The maximum absolute atomic E-state index is 13.0. The Bertz CT molecular complexity index is 1040. The lowest BCUT2D eigenvalue weighted by atomic mass is 10.2. The van der Waals surface area contributed by atoms with E-state index < -0.39 is 0 Å². The molecular formula is C21H19N3OS3. The van der Waals surface area contributed by atoms with Crippen LogP contribution in [-0.2, 0) is 4.79 Å². The van der Waals surface area contributed by atoms with Crippen LogP contribution in [0.1, 0.15) is 18.5 Å². The molecule has 0 saturated carbocycles. The van der Waals surface area contributed by atoms with E-state index in [-0.39, 0.29) is 5.91 Å². The second kappa shape index (κ2) is 8.86. The number of hydrogen-bond donors (Lipinski definition) is 0. The first-order chi connectivity index (χ1) is 13.7. The van der Waals surface area contributed by atoms with E-state index in [2.05, 4.69) is 16.0 Å². The highest BCUT2D eigenvalue weighted by Crippen LogP contribution is 2.31. The van der Waals surface area contributed by atoms with E-state index in [1.165, 1.54) is 16.0 Å². The molecule has 4 nitrogen and oxygen atoms in total. The normalized spacial score (nSPS) is 11.0. The number of anilines is 2. The molecule has 0 bridgehead atoms. The quantitative estimate of drug-likeness (QED) is 0.257. The van der Waals surface area contributed by atoms with Crippen molar-refractivity contribution < 1.29 is 4.79 Å². The smallest absolute Gasteiger partial charge is 0.233 e. The van der Waals surface area contributed by atoms with Crippen molar-refractivity contribution in [3.8, 4) is 0 Å². The van der Waals surface area contributed by atoms with Crippen LogP contribution in [0.4, 0.5) is 10.8 Å². The zero-order valence-electron chi connectivity index (χ0n) is 15.4. The van der Waals surface area contributed by atoms with Crippen LogP contribution in [-0.4, -0.2) is 21.6 Å². The third kappa shape index (κ3) is 4.43. The molecule has 2 aromatic heterocycles. The summed E-state index contributed by atoms with van der Waals surface area (Å²) < 4.78 is 2.26. The Labute approximate surface area is 176 Å². The maximum Gasteiger partial charge on any atom is 0.233 e. The number of thioether (sulfide) groups is 1. The Hall–Kier alpha value is -2.22. The van der Waals surface area contributed by atoms with Gasteiger partial charge in [-0.25, -0.2) is 9.97 Å². The number of carbonyl (C=O) groups excluding carboxylic acids is 1. The van der Waals surface area contributed by atoms with Gasteiger partial charge >= 0.3 is 0 Å². The zero-order valence-corrected chi connectivity index (χ0v) is 17.8. The predicted octanol–water partition coefficient (Wildman–Crippen LogP) is 6.30. The van der Waals surface area contributed by atoms with E-state index >= 15 is 0 Å². The average molecular weight is 426 g/mol. The Morgan fingerprint density at radius 2 is 1.86 bits per heavy atom. The van der Waals surface area contributed by atoms with Crippen LogP contribution in [0.5, 0.6) is 0 Å². The summed E-state index contributed by atoms with van der Waals surface area (Å²) >= 11 is 4.93. The Balaban J connectivity index is 1.39. The van der Waals surface area contributed by atoms with Crippen molar-refractivity contribution in [3.05, 3.63) is 65.7 Å². The van der Waals surface area contributed by atoms with Gasteiger partial charge in [0.1, 0.15) is 0 Å². The highest BCUT2D eigenvalue weighted by Gasteiger charge is 2.20. The highest BCUT2D eigenvalue weighted by atomic mass is 32.2. The van der Waals surface area contributed by atoms with Gasteiger partial charge in [0.2, 0.25) is 5.91 Å². The standard InChI is InChI=1S/C21H19N3OS3/c1-15-14-27-20(22-15)24(16-8-3-2-4-9-16)19(25)12-7-13-26-21-23-17-10-5-6-11-18(17)28-21/h2-6,8-11,14H,7,12-13H2,1H3. The first-order valence-corrected chi connectivity index (χ1v) is 11.7. The van der Waals surface area contributed by atoms with Crippen molar-refractivity contribution >= 4 is 61.4 Å². The van der Waals surface area contributed by atoms with Crippen molar-refractivity contribution in [2.45, 2.75) is 24.1 Å². The molecular weight excluding hydrogens is 406 g/mol. The van der Waals surface area contributed by atoms with Gasteiger partial charge in [-0.3, -0.25) is 9.69 Å². The third-order valence-electron chi connectivity index (χ3n) is 4.10. The second-order valence-electron chi connectivity index (χ2n) is 6.24.